The van der Waals surface area contributed by atoms with Gasteiger partial charge in [0, 0.05) is 56.1 Å². The molecule has 10 heterocycles. The second kappa shape index (κ2) is 49.5. The number of ketones is 1. The zero-order valence-electron chi connectivity index (χ0n) is 81.0. The van der Waals surface area contributed by atoms with Crippen LogP contribution in [0.3, 0.4) is 0 Å². The molecular formula is C114H93Br2F5MgN20O8. The molecule has 1 unspecified atom stereocenters. The van der Waals surface area contributed by atoms with Crippen LogP contribution in [0.15, 0.2) is 305 Å². The zero-order valence-corrected chi connectivity index (χ0v) is 85.6. The molecule has 150 heavy (non-hydrogen) atoms. The molecular weight excluding hydrogens is 2060 g/mol. The van der Waals surface area contributed by atoms with Gasteiger partial charge in [-0.05, 0) is 236 Å². The number of carbonyl (C=O) groups is 4. The van der Waals surface area contributed by atoms with E-state index in [4.69, 9.17) is 36.7 Å². The molecule has 0 radical (unpaired) electrons. The summed E-state index contributed by atoms with van der Waals surface area (Å²) in [5, 5.41) is 57.3. The summed E-state index contributed by atoms with van der Waals surface area (Å²) >= 11 is 3.42. The first kappa shape index (κ1) is 107. The molecule has 28 nitrogen and oxygen atoms in total. The number of aliphatic hydroxyl groups excluding tert-OH is 1. The number of H-pyrrole nitrogens is 1. The van der Waals surface area contributed by atoms with Crippen molar-refractivity contribution in [2.75, 3.05) is 21.3 Å². The number of benzene rings is 10. The smallest absolute Gasteiger partial charge is 1.00 e. The number of nitrogens with two attached hydrogens (primary N) is 3. The van der Waals surface area contributed by atoms with Crippen molar-refractivity contribution in [3.8, 4) is 85.0 Å². The van der Waals surface area contributed by atoms with E-state index in [9.17, 15) is 51.5 Å². The average molecular weight is 2150 g/mol. The number of Topliss-reactive ketones (excluding diaryl/α,β-unsaturated/α-hetero) is 1. The number of rotatable bonds is 24. The topological polar surface area (TPSA) is 406 Å². The number of hydrogen-bond acceptors (Lipinski definition) is 20. The predicted octanol–water partition coefficient (Wildman–Crippen LogP) is 18.2. The Labute approximate surface area is 891 Å². The van der Waals surface area contributed by atoms with Gasteiger partial charge in [0.25, 0.3) is 17.7 Å². The second-order valence-electron chi connectivity index (χ2n) is 35.0. The van der Waals surface area contributed by atoms with E-state index >= 15 is 0 Å². The third-order valence-corrected chi connectivity index (χ3v) is 24.9. The van der Waals surface area contributed by atoms with Crippen molar-refractivity contribution in [3.63, 3.8) is 0 Å². The van der Waals surface area contributed by atoms with E-state index in [0.717, 1.165) is 158 Å². The molecule has 36 heteroatoms. The number of nitriles is 2. The summed E-state index contributed by atoms with van der Waals surface area (Å²) in [4.78, 5) is 69.7. The quantitative estimate of drug-likeness (QED) is 0.0123. The molecule has 3 amide bonds. The van der Waals surface area contributed by atoms with Gasteiger partial charge in [-0.15, -0.1) is 0 Å². The second-order valence-corrected chi connectivity index (χ2v) is 35.6. The van der Waals surface area contributed by atoms with Crippen molar-refractivity contribution in [1.82, 2.24) is 74.2 Å². The van der Waals surface area contributed by atoms with Crippen molar-refractivity contribution >= 4 is 117 Å². The van der Waals surface area contributed by atoms with Crippen LogP contribution in [0.5, 0.6) is 17.2 Å². The molecule has 20 aromatic rings. The maximum Gasteiger partial charge on any atom is 2.00 e. The monoisotopic (exact) mass is 2150 g/mol. The van der Waals surface area contributed by atoms with Crippen LogP contribution in [0.2, 0.25) is 0 Å². The number of amides is 3. The number of aromatic amines is 1. The van der Waals surface area contributed by atoms with Crippen LogP contribution in [0, 0.1) is 70.0 Å². The van der Waals surface area contributed by atoms with Gasteiger partial charge in [0.2, 0.25) is 0 Å². The summed E-state index contributed by atoms with van der Waals surface area (Å²) in [6.45, 7) is 2.04. The molecule has 0 aliphatic heterocycles. The molecule has 0 spiro atoms. The Kier molecular flexibility index (Phi) is 35.4. The number of hydrogen-bond donors (Lipinski definition) is 5. The summed E-state index contributed by atoms with van der Waals surface area (Å²) in [5.74, 6) is -0.653. The number of halogens is 7. The third-order valence-electron chi connectivity index (χ3n) is 24.3. The zero-order chi connectivity index (χ0) is 104. The third kappa shape index (κ3) is 27.5. The van der Waals surface area contributed by atoms with Crippen LogP contribution in [0.4, 0.5) is 22.0 Å². The number of pyridine rings is 5. The summed E-state index contributed by atoms with van der Waals surface area (Å²) < 4.78 is 88.5. The molecule has 3 aliphatic rings. The molecule has 3 saturated carbocycles. The summed E-state index contributed by atoms with van der Waals surface area (Å²) in [7, 11) is 4.79. The van der Waals surface area contributed by atoms with Gasteiger partial charge in [-0.25, -0.2) is 59.7 Å². The van der Waals surface area contributed by atoms with Crippen molar-refractivity contribution in [1.29, 1.82) is 10.5 Å². The molecule has 23 rings (SSSR count). The van der Waals surface area contributed by atoms with Gasteiger partial charge < -0.3 is 59.9 Å². The number of methoxy groups -OCH3 is 3. The van der Waals surface area contributed by atoms with Gasteiger partial charge in [-0.1, -0.05) is 137 Å². The molecule has 0 bridgehead atoms. The van der Waals surface area contributed by atoms with Crippen molar-refractivity contribution in [2.24, 2.45) is 29.0 Å². The largest absolute Gasteiger partial charge is 2.00 e. The van der Waals surface area contributed by atoms with Crippen molar-refractivity contribution in [3.05, 3.63) is 408 Å². The summed E-state index contributed by atoms with van der Waals surface area (Å²) in [6, 6.07) is 72.5. The number of nitrogens with one attached hydrogen (secondary N) is 1. The van der Waals surface area contributed by atoms with Gasteiger partial charge in [-0.2, -0.15) is 36.0 Å². The SMILES string of the molecule is COc1cn[nH]c1.COc1cnn(Cc2ccc3c(-c4ccc(F)cc4)cc(C#N)nc3c2)c1.COc1cnn(Cc2ccc3c(-c4ccc(F)cc4)cc(C(N)=O)nc3c2)c1.N#Cc1cc(-c2ccc(F)cc2)c2ccc(CBr)cc2n1.NC(=O)c1cc(-c2ccc(F)cc2)c2ccc(Cn3cc(C(=O)C4CC4)cn3)cc2n1.NC(=O)c1cc(-c2ccc(F)cc2)c2ccc(Cn3cc(C(O)C4CC4)cn3)cc2n1.[Br-].[CH-]1CC1.[Mg+2]. The minimum absolute atomic E-state index is 0. The van der Waals surface area contributed by atoms with Gasteiger partial charge in [0.05, 0.1) is 136 Å². The van der Waals surface area contributed by atoms with Gasteiger partial charge >= 0.3 is 23.1 Å². The van der Waals surface area contributed by atoms with Crippen molar-refractivity contribution < 1.29 is 77.4 Å². The Morgan fingerprint density at radius 2 is 0.720 bits per heavy atom. The van der Waals surface area contributed by atoms with Crippen LogP contribution < -0.4 is 48.4 Å². The van der Waals surface area contributed by atoms with Gasteiger partial charge in [-0.3, -0.25) is 43.0 Å². The van der Waals surface area contributed by atoms with E-state index in [1.165, 1.54) is 73.5 Å². The molecule has 10 aromatic carbocycles. The standard InChI is InChI=1S/C24H21FN4O2.C24H19FN4O2.C21H17FN4O2.C21H15FN4O.C17H10BrFN2.C4H6N2O.C3H5.BrH.Mg/c2*25-18-6-4-15(5-7-18)20-10-22(24(26)31)28-21-9-14(1-8-19(20)21)12-29-13-17(11-27-29)23(30)16-2-3-16;1-28-16-10-24-26(12-16)11-13-2-7-17-18(14-3-5-15(22)6-4-14)9-20(21(23)27)25-19(17)8-13;1-27-18-11-24-26(13-18)12-14-2-7-19-20(15-3-5-16(22)6-4-15)9-17(10-23)25-21(19)8-14;18-9-11-1-6-15-16(12-2-4-13(19)5-3-12)8-14(10-20)21-17(15)7-11;1-7-4-2-5-6-3-4;1-2-3-1;;/h1,4-11,13,16,23,30H,2-3,12H2,(H2,26,31);1,4-11,13,16H,2-3,12H2,(H2,26,31);2-10,12H,11H2,1H3,(H2,23,27);2-9,11,13H,12H2,1H3;1-8H,9H2;2-3H,1H3,(H,5,6);1H,2-3H2;1H;/q;;;;;;-1;;+2/p-1. The Morgan fingerprint density at radius 1 is 0.413 bits per heavy atom. The number of alkyl halides is 1. The summed E-state index contributed by atoms with van der Waals surface area (Å²) in [5.41, 5.74) is 35.3. The number of nitrogens with zero attached hydrogens (tertiary/aromatic N) is 16. The van der Waals surface area contributed by atoms with Crippen LogP contribution in [-0.4, -0.2) is 147 Å². The Hall–Kier alpha value is -16.9. The van der Waals surface area contributed by atoms with E-state index in [-0.39, 0.29) is 97.9 Å². The number of fused-ring (bicyclic) bond motifs is 5. The molecule has 748 valence electrons. The Balaban J connectivity index is 0.000000137. The first-order chi connectivity index (χ1) is 71.8. The normalized spacial score (nSPS) is 12.1. The van der Waals surface area contributed by atoms with Gasteiger partial charge in [0.1, 0.15) is 69.7 Å². The van der Waals surface area contributed by atoms with Crippen molar-refractivity contribution in [2.45, 2.75) is 76.1 Å². The first-order valence-corrected chi connectivity index (χ1v) is 47.9. The number of aromatic nitrogens is 15. The fraction of sp³-hybridized carbons (Fsp3) is 0.149. The first-order valence-electron chi connectivity index (χ1n) is 46.8. The molecule has 10 aromatic heterocycles. The van der Waals surface area contributed by atoms with E-state index in [1.54, 1.807) is 181 Å². The molecule has 3 aliphatic carbocycles. The van der Waals surface area contributed by atoms with Crippen LogP contribution in [0.1, 0.15) is 131 Å². The minimum atomic E-state index is -0.633. The van der Waals surface area contributed by atoms with Gasteiger partial charge in [0.15, 0.2) is 23.0 Å². The summed E-state index contributed by atoms with van der Waals surface area (Å²) in [6.07, 6.45) is 25.7. The van der Waals surface area contributed by atoms with E-state index in [0.29, 0.717) is 82.6 Å². The van der Waals surface area contributed by atoms with Crippen LogP contribution in [0.25, 0.3) is 110 Å². The predicted molar refractivity (Wildman–Crippen MR) is 561 cm³/mol. The number of aliphatic hydroxyl groups is 1. The molecule has 1 atom stereocenters. The molecule has 0 saturated heterocycles. The maximum atomic E-state index is 13.4. The van der Waals surface area contributed by atoms with E-state index < -0.39 is 23.8 Å². The number of primary amides is 3. The average Bonchev–Trinajstić information content (AvgIpc) is 1.46. The fourth-order valence-electron chi connectivity index (χ4n) is 16.3. The van der Waals surface area contributed by atoms with Crippen LogP contribution >= 0.6 is 15.9 Å². The minimum Gasteiger partial charge on any atom is -1.00 e. The molecule has 3 fully saturated rings. The van der Waals surface area contributed by atoms with Crippen LogP contribution in [-0.2, 0) is 31.5 Å². The fourth-order valence-corrected chi connectivity index (χ4v) is 16.7. The van der Waals surface area contributed by atoms with E-state index in [1.807, 2.05) is 103 Å². The number of carbonyl (C=O) groups excluding carboxylic acids is 4. The van der Waals surface area contributed by atoms with E-state index in [2.05, 4.69) is 90.0 Å². The molecule has 8 N–H and O–H groups in total. The Morgan fingerprint density at radius 3 is 1.01 bits per heavy atom. The Bertz CT molecular complexity index is 8350. The maximum absolute atomic E-state index is 13.4. The number of ether oxygens (including phenoxy) is 3.